The molecule has 0 unspecified atom stereocenters. The molecule has 8 nitrogen and oxygen atoms in total. The third kappa shape index (κ3) is 4.23. The molecular formula is C20H18FN5O3. The molecule has 9 heteroatoms. The van der Waals surface area contributed by atoms with Crippen molar-refractivity contribution in [1.82, 2.24) is 15.1 Å². The monoisotopic (exact) mass is 395 g/mol. The number of nitrogens with one attached hydrogen (secondary N) is 1. The maximum atomic E-state index is 13.0. The van der Waals surface area contributed by atoms with Crippen molar-refractivity contribution in [3.05, 3.63) is 71.9 Å². The molecule has 0 spiro atoms. The molecule has 1 fully saturated rings. The zero-order chi connectivity index (χ0) is 20.2. The van der Waals surface area contributed by atoms with Crippen molar-refractivity contribution in [2.24, 2.45) is 0 Å². The maximum Gasteiger partial charge on any atom is 0.289 e. The quantitative estimate of drug-likeness (QED) is 0.730. The van der Waals surface area contributed by atoms with Crippen LogP contribution in [0.15, 0.2) is 59.2 Å². The number of carbonyl (C=O) groups excluding carboxylic acids is 2. The third-order valence-electron chi connectivity index (χ3n) is 4.62. The SMILES string of the molecule is O=C(Nc1ccc(N2CCN(C(=O)c3ccco3)CC2)nn1)c1ccc(F)cc1. The van der Waals surface area contributed by atoms with Gasteiger partial charge in [-0.15, -0.1) is 10.2 Å². The number of nitrogens with zero attached hydrogens (tertiary/aromatic N) is 4. The number of hydrogen-bond donors (Lipinski definition) is 1. The topological polar surface area (TPSA) is 91.6 Å². The van der Waals surface area contributed by atoms with Gasteiger partial charge in [0.2, 0.25) is 0 Å². The number of benzene rings is 1. The molecule has 0 radical (unpaired) electrons. The molecule has 4 rings (SSSR count). The predicted octanol–water partition coefficient (Wildman–Crippen LogP) is 2.42. The van der Waals surface area contributed by atoms with Crippen LogP contribution in [0.5, 0.6) is 0 Å². The minimum Gasteiger partial charge on any atom is -0.459 e. The highest BCUT2D eigenvalue weighted by Gasteiger charge is 2.24. The Kier molecular flexibility index (Phi) is 5.19. The summed E-state index contributed by atoms with van der Waals surface area (Å²) in [6.07, 6.45) is 1.48. The average molecular weight is 395 g/mol. The molecule has 1 aliphatic rings. The molecule has 1 aromatic carbocycles. The van der Waals surface area contributed by atoms with Gasteiger partial charge in [0.25, 0.3) is 11.8 Å². The minimum atomic E-state index is -0.406. The van der Waals surface area contributed by atoms with E-state index in [1.807, 2.05) is 4.90 Å². The van der Waals surface area contributed by atoms with Crippen molar-refractivity contribution in [2.45, 2.75) is 0 Å². The van der Waals surface area contributed by atoms with Gasteiger partial charge in [0.05, 0.1) is 6.26 Å². The molecule has 1 aliphatic heterocycles. The summed E-state index contributed by atoms with van der Waals surface area (Å²) in [5.41, 5.74) is 0.328. The first-order valence-electron chi connectivity index (χ1n) is 9.08. The molecule has 0 aliphatic carbocycles. The van der Waals surface area contributed by atoms with E-state index in [4.69, 9.17) is 4.42 Å². The van der Waals surface area contributed by atoms with Gasteiger partial charge in [-0.2, -0.15) is 0 Å². The van der Waals surface area contributed by atoms with E-state index in [9.17, 15) is 14.0 Å². The first kappa shape index (κ1) is 18.6. The molecule has 3 aromatic rings. The largest absolute Gasteiger partial charge is 0.459 e. The van der Waals surface area contributed by atoms with Gasteiger partial charge in [-0.05, 0) is 48.5 Å². The Hall–Kier alpha value is -3.75. The highest BCUT2D eigenvalue weighted by Crippen LogP contribution is 2.16. The van der Waals surface area contributed by atoms with Crippen molar-refractivity contribution in [3.8, 4) is 0 Å². The van der Waals surface area contributed by atoms with Crippen LogP contribution in [-0.4, -0.2) is 53.1 Å². The van der Waals surface area contributed by atoms with Crippen LogP contribution in [0.2, 0.25) is 0 Å². The summed E-state index contributed by atoms with van der Waals surface area (Å²) in [7, 11) is 0. The van der Waals surface area contributed by atoms with Gasteiger partial charge >= 0.3 is 0 Å². The second-order valence-electron chi connectivity index (χ2n) is 6.49. The summed E-state index contributed by atoms with van der Waals surface area (Å²) in [6.45, 7) is 2.32. The standard InChI is InChI=1S/C20H18FN5O3/c21-15-5-3-14(4-6-15)19(27)22-17-7-8-18(24-23-17)25-9-11-26(12-10-25)20(28)16-2-1-13-29-16/h1-8,13H,9-12H2,(H,22,23,27). The van der Waals surface area contributed by atoms with E-state index >= 15 is 0 Å². The van der Waals surface area contributed by atoms with E-state index in [0.29, 0.717) is 49.1 Å². The summed E-state index contributed by atoms with van der Waals surface area (Å²) in [6, 6.07) is 12.0. The van der Waals surface area contributed by atoms with Crippen molar-refractivity contribution < 1.29 is 18.4 Å². The number of furan rings is 1. The fraction of sp³-hybridized carbons (Fsp3) is 0.200. The number of halogens is 1. The van der Waals surface area contributed by atoms with Gasteiger partial charge in [0.1, 0.15) is 5.82 Å². The van der Waals surface area contributed by atoms with Crippen molar-refractivity contribution in [2.75, 3.05) is 36.4 Å². The Balaban J connectivity index is 1.33. The lowest BCUT2D eigenvalue weighted by Crippen LogP contribution is -2.49. The van der Waals surface area contributed by atoms with Gasteiger partial charge in [0, 0.05) is 31.7 Å². The lowest BCUT2D eigenvalue weighted by molar-refractivity contribution is 0.0714. The number of rotatable bonds is 4. The molecule has 2 amide bonds. The van der Waals surface area contributed by atoms with Crippen LogP contribution >= 0.6 is 0 Å². The molecule has 2 aromatic heterocycles. The fourth-order valence-electron chi connectivity index (χ4n) is 3.05. The average Bonchev–Trinajstić information content (AvgIpc) is 3.29. The lowest BCUT2D eigenvalue weighted by atomic mass is 10.2. The first-order valence-corrected chi connectivity index (χ1v) is 9.08. The molecule has 0 bridgehead atoms. The zero-order valence-electron chi connectivity index (χ0n) is 15.4. The number of hydrogen-bond acceptors (Lipinski definition) is 6. The Labute approximate surface area is 165 Å². The summed E-state index contributed by atoms with van der Waals surface area (Å²) in [4.78, 5) is 28.2. The summed E-state index contributed by atoms with van der Waals surface area (Å²) in [5, 5.41) is 10.8. The highest BCUT2D eigenvalue weighted by atomic mass is 19.1. The Bertz CT molecular complexity index is 982. The van der Waals surface area contributed by atoms with Gasteiger partial charge in [0.15, 0.2) is 17.4 Å². The molecule has 3 heterocycles. The van der Waals surface area contributed by atoms with Crippen LogP contribution in [0.25, 0.3) is 0 Å². The Morgan fingerprint density at radius 3 is 2.34 bits per heavy atom. The summed E-state index contributed by atoms with van der Waals surface area (Å²) in [5.74, 6) is 0.373. The number of aromatic nitrogens is 2. The van der Waals surface area contributed by atoms with Crippen LogP contribution in [0.3, 0.4) is 0 Å². The second kappa shape index (κ2) is 8.09. The van der Waals surface area contributed by atoms with Crippen LogP contribution in [0.4, 0.5) is 16.0 Å². The van der Waals surface area contributed by atoms with E-state index in [0.717, 1.165) is 0 Å². The van der Waals surface area contributed by atoms with Crippen LogP contribution in [0, 0.1) is 5.82 Å². The molecule has 1 N–H and O–H groups in total. The van der Waals surface area contributed by atoms with Gasteiger partial charge < -0.3 is 19.5 Å². The van der Waals surface area contributed by atoms with Crippen LogP contribution in [0.1, 0.15) is 20.9 Å². The van der Waals surface area contributed by atoms with Crippen molar-refractivity contribution in [1.29, 1.82) is 0 Å². The number of piperazine rings is 1. The third-order valence-corrected chi connectivity index (χ3v) is 4.62. The molecule has 29 heavy (non-hydrogen) atoms. The van der Waals surface area contributed by atoms with Crippen molar-refractivity contribution >= 4 is 23.5 Å². The molecule has 148 valence electrons. The van der Waals surface area contributed by atoms with Gasteiger partial charge in [-0.3, -0.25) is 9.59 Å². The smallest absolute Gasteiger partial charge is 0.289 e. The van der Waals surface area contributed by atoms with Gasteiger partial charge in [-0.1, -0.05) is 0 Å². The molecule has 0 saturated carbocycles. The van der Waals surface area contributed by atoms with E-state index in [1.54, 1.807) is 29.2 Å². The zero-order valence-corrected chi connectivity index (χ0v) is 15.4. The number of carbonyl (C=O) groups is 2. The van der Waals surface area contributed by atoms with E-state index < -0.39 is 11.7 Å². The lowest BCUT2D eigenvalue weighted by Gasteiger charge is -2.34. The summed E-state index contributed by atoms with van der Waals surface area (Å²) >= 11 is 0. The highest BCUT2D eigenvalue weighted by molar-refractivity contribution is 6.03. The minimum absolute atomic E-state index is 0.125. The van der Waals surface area contributed by atoms with Crippen LogP contribution < -0.4 is 10.2 Å². The number of anilines is 2. The van der Waals surface area contributed by atoms with Crippen molar-refractivity contribution in [3.63, 3.8) is 0 Å². The maximum absolute atomic E-state index is 13.0. The molecular weight excluding hydrogens is 377 g/mol. The Morgan fingerprint density at radius 2 is 1.72 bits per heavy atom. The number of amides is 2. The van der Waals surface area contributed by atoms with E-state index in [2.05, 4.69) is 15.5 Å². The second-order valence-corrected chi connectivity index (χ2v) is 6.49. The normalized spacial score (nSPS) is 14.0. The molecule has 0 atom stereocenters. The molecule has 1 saturated heterocycles. The Morgan fingerprint density at radius 1 is 0.966 bits per heavy atom. The van der Waals surface area contributed by atoms with E-state index in [-0.39, 0.29) is 5.91 Å². The predicted molar refractivity (Wildman–Crippen MR) is 103 cm³/mol. The fourth-order valence-corrected chi connectivity index (χ4v) is 3.05. The van der Waals surface area contributed by atoms with Gasteiger partial charge in [-0.25, -0.2) is 4.39 Å². The van der Waals surface area contributed by atoms with E-state index in [1.165, 1.54) is 30.5 Å². The first-order chi connectivity index (χ1) is 14.1. The summed E-state index contributed by atoms with van der Waals surface area (Å²) < 4.78 is 18.1. The van der Waals surface area contributed by atoms with Crippen LogP contribution in [-0.2, 0) is 0 Å².